The molecule has 1 aliphatic carbocycles. The summed E-state index contributed by atoms with van der Waals surface area (Å²) < 4.78 is 0. The third-order valence-electron chi connectivity index (χ3n) is 2.50. The van der Waals surface area contributed by atoms with Crippen LogP contribution in [-0.4, -0.2) is 5.54 Å². The molecule has 0 N–H and O–H groups in total. The Balaban J connectivity index is 2.40. The van der Waals surface area contributed by atoms with Gasteiger partial charge in [0.15, 0.2) is 0 Å². The summed E-state index contributed by atoms with van der Waals surface area (Å²) in [5, 5.41) is 0. The lowest BCUT2D eigenvalue weighted by Gasteiger charge is -2.27. The van der Waals surface area contributed by atoms with Gasteiger partial charge in [0, 0.05) is 0 Å². The van der Waals surface area contributed by atoms with Crippen molar-refractivity contribution >= 4 is 28.5 Å². The molecule has 0 aliphatic heterocycles. The molecular weight excluding hydrogens is 166 g/mol. The highest BCUT2D eigenvalue weighted by atomic mass is 35.5. The number of halogens is 2. The molecule has 58 valence electrons. The summed E-state index contributed by atoms with van der Waals surface area (Å²) in [5.41, 5.74) is -0.143. The summed E-state index contributed by atoms with van der Waals surface area (Å²) in [6.45, 7) is 2.25. The Hall–Kier alpha value is 0.645. The third kappa shape index (κ3) is 2.06. The maximum absolute atomic E-state index is 5.82. The van der Waals surface area contributed by atoms with E-state index >= 15 is 0 Å². The highest BCUT2D eigenvalue weighted by Gasteiger charge is 2.29. The molecule has 0 aromatic carbocycles. The van der Waals surface area contributed by atoms with Crippen LogP contribution in [-0.2, 0) is 0 Å². The largest absolute Gasteiger partial charge is 0.354 e. The number of hydrogen-bond acceptors (Lipinski definition) is 0. The molecule has 0 aromatic rings. The van der Waals surface area contributed by atoms with Crippen LogP contribution < -0.4 is 0 Å². The van der Waals surface area contributed by atoms with E-state index in [1.807, 2.05) is 0 Å². The number of hydrogen-bond donors (Lipinski definition) is 0. The van der Waals surface area contributed by atoms with E-state index in [0.717, 1.165) is 5.92 Å². The summed E-state index contributed by atoms with van der Waals surface area (Å²) in [5.74, 6) is 1.28. The predicted octanol–water partition coefficient (Wildman–Crippen LogP) is 3.53. The first kappa shape index (κ1) is 8.74. The molecule has 1 fully saturated rings. The van der Waals surface area contributed by atoms with Crippen LogP contribution in [0, 0.1) is 5.92 Å². The van der Waals surface area contributed by atoms with Crippen molar-refractivity contribution in [2.24, 2.45) is 5.92 Å². The van der Waals surface area contributed by atoms with Gasteiger partial charge in [0.1, 0.15) is 0 Å². The first-order valence-corrected chi connectivity index (χ1v) is 4.87. The van der Waals surface area contributed by atoms with Gasteiger partial charge in [-0.3, -0.25) is 0 Å². The summed E-state index contributed by atoms with van der Waals surface area (Å²) in [4.78, 5) is 0. The maximum atomic E-state index is 5.82. The maximum Gasteiger partial charge on any atom is 0.354 e. The normalized spacial score (nSPS) is 33.9. The van der Waals surface area contributed by atoms with Gasteiger partial charge in [-0.15, -0.1) is 0 Å². The van der Waals surface area contributed by atoms with E-state index in [9.17, 15) is 0 Å². The van der Waals surface area contributed by atoms with Gasteiger partial charge < -0.3 is 0 Å². The van der Waals surface area contributed by atoms with Crippen LogP contribution in [0.4, 0.5) is 0 Å². The van der Waals surface area contributed by atoms with Crippen molar-refractivity contribution in [2.75, 3.05) is 0 Å². The third-order valence-corrected chi connectivity index (χ3v) is 3.15. The van der Waals surface area contributed by atoms with Gasteiger partial charge in [0.05, 0.1) is 0 Å². The molecule has 0 radical (unpaired) electrons. The predicted molar refractivity (Wildman–Crippen MR) is 48.8 cm³/mol. The van der Waals surface area contributed by atoms with Crippen LogP contribution in [0.3, 0.4) is 0 Å². The molecule has 0 heterocycles. The monoisotopic (exact) mass is 178 g/mol. The first-order chi connectivity index (χ1) is 4.72. The Kier molecular flexibility index (Phi) is 3.38. The summed E-state index contributed by atoms with van der Waals surface area (Å²) >= 11 is 11.6. The fourth-order valence-corrected chi connectivity index (χ4v) is 2.47. The molecular formula is C7H13BCl2. The van der Waals surface area contributed by atoms with E-state index in [1.54, 1.807) is 0 Å². The fraction of sp³-hybridized carbons (Fsp3) is 1.00. The van der Waals surface area contributed by atoms with Crippen molar-refractivity contribution in [3.8, 4) is 0 Å². The minimum absolute atomic E-state index is 0.143. The zero-order valence-corrected chi connectivity index (χ0v) is 7.83. The summed E-state index contributed by atoms with van der Waals surface area (Å²) in [6, 6.07) is 0. The van der Waals surface area contributed by atoms with Gasteiger partial charge in [-0.25, -0.2) is 0 Å². The highest BCUT2D eigenvalue weighted by molar-refractivity contribution is 7.34. The second-order valence-electron chi connectivity index (χ2n) is 3.26. The Bertz CT molecular complexity index is 106. The van der Waals surface area contributed by atoms with E-state index < -0.39 is 0 Å². The highest BCUT2D eigenvalue weighted by Crippen LogP contribution is 2.38. The SMILES string of the molecule is CC1CCCCC1B(Cl)Cl. The summed E-state index contributed by atoms with van der Waals surface area (Å²) in [6.07, 6.45) is 5.20. The lowest BCUT2D eigenvalue weighted by Crippen LogP contribution is -2.19. The van der Waals surface area contributed by atoms with Crippen LogP contribution in [0.2, 0.25) is 5.82 Å². The molecule has 10 heavy (non-hydrogen) atoms. The van der Waals surface area contributed by atoms with Crippen molar-refractivity contribution in [3.63, 3.8) is 0 Å². The first-order valence-electron chi connectivity index (χ1n) is 4.00. The molecule has 0 amide bonds. The Morgan fingerprint density at radius 1 is 1.20 bits per heavy atom. The standard InChI is InChI=1S/C7H13BCl2/c1-6-4-2-3-5-7(6)8(9)10/h6-7H,2-5H2,1H3. The molecule has 1 rings (SSSR count). The lowest BCUT2D eigenvalue weighted by molar-refractivity contribution is 0.384. The lowest BCUT2D eigenvalue weighted by atomic mass is 9.67. The Morgan fingerprint density at radius 2 is 1.80 bits per heavy atom. The van der Waals surface area contributed by atoms with Crippen molar-refractivity contribution in [3.05, 3.63) is 0 Å². The van der Waals surface area contributed by atoms with Gasteiger partial charge in [-0.1, -0.05) is 32.6 Å². The summed E-state index contributed by atoms with van der Waals surface area (Å²) in [7, 11) is 0. The van der Waals surface area contributed by atoms with Crippen LogP contribution >= 0.6 is 22.9 Å². The van der Waals surface area contributed by atoms with Crippen molar-refractivity contribution in [1.29, 1.82) is 0 Å². The second-order valence-corrected chi connectivity index (χ2v) is 4.42. The minimum atomic E-state index is -0.143. The minimum Gasteiger partial charge on any atom is -0.171 e. The van der Waals surface area contributed by atoms with Gasteiger partial charge in [0.2, 0.25) is 0 Å². The molecule has 0 bridgehead atoms. The fourth-order valence-electron chi connectivity index (χ4n) is 1.72. The van der Waals surface area contributed by atoms with Gasteiger partial charge in [0.25, 0.3) is 0 Å². The molecule has 2 atom stereocenters. The van der Waals surface area contributed by atoms with Crippen molar-refractivity contribution in [1.82, 2.24) is 0 Å². The van der Waals surface area contributed by atoms with Crippen LogP contribution in [0.15, 0.2) is 0 Å². The number of rotatable bonds is 1. The molecule has 3 heteroatoms. The van der Waals surface area contributed by atoms with Crippen LogP contribution in [0.25, 0.3) is 0 Å². The molecule has 0 nitrogen and oxygen atoms in total. The zero-order chi connectivity index (χ0) is 7.56. The quantitative estimate of drug-likeness (QED) is 0.540. The Labute approximate surface area is 73.2 Å². The average Bonchev–Trinajstić information content (AvgIpc) is 1.88. The van der Waals surface area contributed by atoms with E-state index in [0.29, 0.717) is 5.82 Å². The van der Waals surface area contributed by atoms with E-state index in [1.165, 1.54) is 25.7 Å². The molecule has 0 aromatic heterocycles. The van der Waals surface area contributed by atoms with Gasteiger partial charge in [-0.2, -0.15) is 22.9 Å². The average molecular weight is 179 g/mol. The molecule has 2 unspecified atom stereocenters. The zero-order valence-electron chi connectivity index (χ0n) is 6.32. The van der Waals surface area contributed by atoms with Gasteiger partial charge in [-0.05, 0) is 11.7 Å². The van der Waals surface area contributed by atoms with Crippen LogP contribution in [0.1, 0.15) is 32.6 Å². The topological polar surface area (TPSA) is 0 Å². The Morgan fingerprint density at radius 3 is 2.20 bits per heavy atom. The van der Waals surface area contributed by atoms with Crippen molar-refractivity contribution < 1.29 is 0 Å². The van der Waals surface area contributed by atoms with E-state index in [-0.39, 0.29) is 5.54 Å². The molecule has 1 aliphatic rings. The molecule has 1 saturated carbocycles. The van der Waals surface area contributed by atoms with Crippen LogP contribution in [0.5, 0.6) is 0 Å². The molecule has 0 saturated heterocycles. The van der Waals surface area contributed by atoms with Gasteiger partial charge >= 0.3 is 5.54 Å². The smallest absolute Gasteiger partial charge is 0.171 e. The van der Waals surface area contributed by atoms with Crippen molar-refractivity contribution in [2.45, 2.75) is 38.4 Å². The van der Waals surface area contributed by atoms with E-state index in [4.69, 9.17) is 22.9 Å². The second kappa shape index (κ2) is 3.87. The van der Waals surface area contributed by atoms with E-state index in [2.05, 4.69) is 6.92 Å². The molecule has 0 spiro atoms.